The first-order chi connectivity index (χ1) is 14.1. The van der Waals surface area contributed by atoms with Crippen molar-refractivity contribution >= 4 is 11.7 Å². The second-order valence-corrected chi connectivity index (χ2v) is 8.47. The zero-order valence-corrected chi connectivity index (χ0v) is 16.2. The molecule has 2 N–H and O–H groups in total. The van der Waals surface area contributed by atoms with Crippen LogP contribution >= 0.6 is 0 Å². The van der Waals surface area contributed by atoms with Gasteiger partial charge in [0, 0.05) is 49.3 Å². The van der Waals surface area contributed by atoms with Crippen molar-refractivity contribution in [3.05, 3.63) is 57.0 Å². The molecule has 1 amide bonds. The molecule has 2 aromatic heterocycles. The van der Waals surface area contributed by atoms with Gasteiger partial charge in [-0.3, -0.25) is 14.4 Å². The monoisotopic (exact) mass is 395 g/mol. The maximum Gasteiger partial charge on any atom is 0.252 e. The Hall–Kier alpha value is -2.90. The Morgan fingerprint density at radius 2 is 2.10 bits per heavy atom. The van der Waals surface area contributed by atoms with Crippen LogP contribution in [0.1, 0.15) is 43.3 Å². The van der Waals surface area contributed by atoms with Gasteiger partial charge in [0.2, 0.25) is 5.91 Å². The van der Waals surface area contributed by atoms with Gasteiger partial charge in [-0.25, -0.2) is 4.98 Å². The van der Waals surface area contributed by atoms with E-state index < -0.39 is 0 Å². The number of nitrogens with one attached hydrogen (secondary N) is 2. The Morgan fingerprint density at radius 3 is 2.86 bits per heavy atom. The highest BCUT2D eigenvalue weighted by molar-refractivity contribution is 5.79. The topological polar surface area (TPSA) is 100 Å². The van der Waals surface area contributed by atoms with Gasteiger partial charge in [0.1, 0.15) is 5.82 Å². The standard InChI is InChI=1S/C21H25N5O3/c27-19-8-18(23-12-24-19)25-10-14-7-15(11-25)17(9-22-21(29)13-3-1-4-13)26-16(14)5-2-6-20(26)28/h2,5-6,8,12-15,17H,1,3-4,7,9-11H2,(H,22,29)(H,23,24,27)/t14-,15+,17+/m1/s1. The number of H-pyrrole nitrogens is 1. The molecule has 29 heavy (non-hydrogen) atoms. The number of anilines is 1. The number of carbonyl (C=O) groups excluding carboxylic acids is 1. The third-order valence-electron chi connectivity index (χ3n) is 6.75. The molecular formula is C21H25N5O3. The summed E-state index contributed by atoms with van der Waals surface area (Å²) in [6, 6.07) is 6.85. The van der Waals surface area contributed by atoms with Crippen LogP contribution in [0.15, 0.2) is 40.2 Å². The van der Waals surface area contributed by atoms with E-state index in [0.717, 1.165) is 37.9 Å². The van der Waals surface area contributed by atoms with Crippen LogP contribution in [0.4, 0.5) is 5.82 Å². The molecule has 3 atom stereocenters. The number of pyridine rings is 1. The maximum absolute atomic E-state index is 12.7. The summed E-state index contributed by atoms with van der Waals surface area (Å²) < 4.78 is 1.89. The van der Waals surface area contributed by atoms with Gasteiger partial charge in [-0.05, 0) is 31.2 Å². The van der Waals surface area contributed by atoms with Crippen molar-refractivity contribution in [2.75, 3.05) is 24.5 Å². The van der Waals surface area contributed by atoms with E-state index in [4.69, 9.17) is 0 Å². The fraction of sp³-hybridized carbons (Fsp3) is 0.524. The van der Waals surface area contributed by atoms with Gasteiger partial charge < -0.3 is 19.8 Å². The summed E-state index contributed by atoms with van der Waals surface area (Å²) in [7, 11) is 0. The minimum Gasteiger partial charge on any atom is -0.355 e. The SMILES string of the molecule is O=C(NC[C@H]1[C@H]2C[C@H](CN(c3cc(=O)[nH]cn3)C2)c2cccc(=O)n21)C1CCC1. The van der Waals surface area contributed by atoms with Crippen LogP contribution in [0, 0.1) is 11.8 Å². The van der Waals surface area contributed by atoms with Gasteiger partial charge >= 0.3 is 0 Å². The van der Waals surface area contributed by atoms with E-state index in [1.165, 1.54) is 12.4 Å². The molecule has 152 valence electrons. The van der Waals surface area contributed by atoms with E-state index in [-0.39, 0.29) is 40.8 Å². The summed E-state index contributed by atoms with van der Waals surface area (Å²) >= 11 is 0. The zero-order chi connectivity index (χ0) is 20.0. The fourth-order valence-corrected chi connectivity index (χ4v) is 5.04. The lowest BCUT2D eigenvalue weighted by atomic mass is 9.78. The molecule has 2 fully saturated rings. The van der Waals surface area contributed by atoms with Crippen LogP contribution in [-0.4, -0.2) is 40.1 Å². The number of aromatic amines is 1. The van der Waals surface area contributed by atoms with Crippen molar-refractivity contribution in [1.82, 2.24) is 19.9 Å². The average Bonchev–Trinajstić information content (AvgIpc) is 2.67. The van der Waals surface area contributed by atoms with E-state index in [9.17, 15) is 14.4 Å². The summed E-state index contributed by atoms with van der Waals surface area (Å²) in [5.41, 5.74) is 0.820. The number of nitrogens with zero attached hydrogens (tertiary/aromatic N) is 3. The molecule has 2 aromatic rings. The molecular weight excluding hydrogens is 370 g/mol. The van der Waals surface area contributed by atoms with Crippen molar-refractivity contribution in [2.24, 2.45) is 11.8 Å². The molecule has 3 aliphatic rings. The summed E-state index contributed by atoms with van der Waals surface area (Å²) in [6.07, 6.45) is 5.43. The van der Waals surface area contributed by atoms with E-state index in [2.05, 4.69) is 20.2 Å². The van der Waals surface area contributed by atoms with Gasteiger partial charge in [0.15, 0.2) is 0 Å². The van der Waals surface area contributed by atoms with Crippen molar-refractivity contribution in [2.45, 2.75) is 37.6 Å². The third kappa shape index (κ3) is 3.26. The molecule has 1 saturated carbocycles. The Labute approximate surface area is 168 Å². The average molecular weight is 395 g/mol. The highest BCUT2D eigenvalue weighted by atomic mass is 16.2. The summed E-state index contributed by atoms with van der Waals surface area (Å²) in [5, 5.41) is 3.10. The Bertz CT molecular complexity index is 1040. The van der Waals surface area contributed by atoms with Crippen molar-refractivity contribution in [3.8, 4) is 0 Å². The first-order valence-corrected chi connectivity index (χ1v) is 10.4. The van der Waals surface area contributed by atoms with Gasteiger partial charge in [0.05, 0.1) is 12.4 Å². The normalized spacial score (nSPS) is 25.8. The van der Waals surface area contributed by atoms with Crippen LogP contribution in [0.5, 0.6) is 0 Å². The van der Waals surface area contributed by atoms with Crippen LogP contribution in [0.2, 0.25) is 0 Å². The van der Waals surface area contributed by atoms with Gasteiger partial charge in [0.25, 0.3) is 11.1 Å². The third-order valence-corrected chi connectivity index (χ3v) is 6.75. The van der Waals surface area contributed by atoms with Gasteiger partial charge in [-0.15, -0.1) is 0 Å². The molecule has 0 radical (unpaired) electrons. The number of piperidine rings is 1. The highest BCUT2D eigenvalue weighted by Gasteiger charge is 2.41. The van der Waals surface area contributed by atoms with Gasteiger partial charge in [-0.1, -0.05) is 12.5 Å². The molecule has 0 unspecified atom stereocenters. The Balaban J connectivity index is 1.45. The number of hydrogen-bond acceptors (Lipinski definition) is 5. The number of carbonyl (C=O) groups is 1. The van der Waals surface area contributed by atoms with Crippen molar-refractivity contribution in [3.63, 3.8) is 0 Å². The van der Waals surface area contributed by atoms with Gasteiger partial charge in [-0.2, -0.15) is 0 Å². The molecule has 2 bridgehead atoms. The summed E-state index contributed by atoms with van der Waals surface area (Å²) in [4.78, 5) is 45.9. The number of rotatable bonds is 4. The summed E-state index contributed by atoms with van der Waals surface area (Å²) in [6.45, 7) is 1.88. The van der Waals surface area contributed by atoms with Crippen molar-refractivity contribution < 1.29 is 4.79 Å². The molecule has 0 spiro atoms. The first kappa shape index (κ1) is 18.1. The van der Waals surface area contributed by atoms with Crippen LogP contribution in [0.25, 0.3) is 0 Å². The number of fused-ring (bicyclic) bond motifs is 4. The predicted octanol–water partition coefficient (Wildman–Crippen LogP) is 1.01. The second-order valence-electron chi connectivity index (χ2n) is 8.47. The predicted molar refractivity (Wildman–Crippen MR) is 108 cm³/mol. The molecule has 1 aliphatic carbocycles. The van der Waals surface area contributed by atoms with Crippen LogP contribution < -0.4 is 21.3 Å². The molecule has 4 heterocycles. The second kappa shape index (κ2) is 7.17. The highest BCUT2D eigenvalue weighted by Crippen LogP contribution is 2.41. The van der Waals surface area contributed by atoms with Crippen LogP contribution in [-0.2, 0) is 4.79 Å². The molecule has 8 heteroatoms. The molecule has 8 nitrogen and oxygen atoms in total. The lowest BCUT2D eigenvalue weighted by molar-refractivity contribution is -0.127. The minimum absolute atomic E-state index is 0.0113. The molecule has 1 saturated heterocycles. The van der Waals surface area contributed by atoms with E-state index >= 15 is 0 Å². The summed E-state index contributed by atoms with van der Waals surface area (Å²) in [5.74, 6) is 1.29. The minimum atomic E-state index is -0.174. The fourth-order valence-electron chi connectivity index (χ4n) is 5.04. The van der Waals surface area contributed by atoms with E-state index in [1.807, 2.05) is 16.7 Å². The quantitative estimate of drug-likeness (QED) is 0.805. The first-order valence-electron chi connectivity index (χ1n) is 10.4. The maximum atomic E-state index is 12.7. The Morgan fingerprint density at radius 1 is 1.24 bits per heavy atom. The molecule has 0 aromatic carbocycles. The van der Waals surface area contributed by atoms with E-state index in [0.29, 0.717) is 18.9 Å². The lowest BCUT2D eigenvalue weighted by Gasteiger charge is -2.47. The Kier molecular flexibility index (Phi) is 4.49. The van der Waals surface area contributed by atoms with Crippen LogP contribution in [0.3, 0.4) is 0 Å². The smallest absolute Gasteiger partial charge is 0.252 e. The largest absolute Gasteiger partial charge is 0.355 e. The van der Waals surface area contributed by atoms with E-state index in [1.54, 1.807) is 6.07 Å². The number of hydrogen-bond donors (Lipinski definition) is 2. The number of amides is 1. The number of aromatic nitrogens is 3. The lowest BCUT2D eigenvalue weighted by Crippen LogP contribution is -2.52. The molecule has 5 rings (SSSR count). The molecule has 2 aliphatic heterocycles. The zero-order valence-electron chi connectivity index (χ0n) is 16.2. The van der Waals surface area contributed by atoms with Crippen molar-refractivity contribution in [1.29, 1.82) is 0 Å².